The van der Waals surface area contributed by atoms with Crippen LogP contribution >= 0.6 is 0 Å². The lowest BCUT2D eigenvalue weighted by Gasteiger charge is -2.28. The molecule has 0 spiro atoms. The molecule has 0 saturated carbocycles. The number of carboxylic acids is 1. The molecule has 9 amide bonds. The molecule has 32 N–H and O–H groups in total. The fourth-order valence-electron chi connectivity index (χ4n) is 13.5. The Balaban J connectivity index is 1.14. The minimum absolute atomic E-state index is 0.0315. The van der Waals surface area contributed by atoms with Crippen LogP contribution in [0.15, 0.2) is 122 Å². The lowest BCUT2D eigenvalue weighted by molar-refractivity contribution is -0.142. The molecule has 0 unspecified atom stereocenters. The first-order valence-corrected chi connectivity index (χ1v) is 38.3. The molecule has 0 radical (unpaired) electrons. The Morgan fingerprint density at radius 1 is 0.357 bits per heavy atom. The summed E-state index contributed by atoms with van der Waals surface area (Å²) in [6, 6.07) is 14.6. The van der Waals surface area contributed by atoms with Crippen molar-refractivity contribution in [1.82, 2.24) is 83.7 Å². The van der Waals surface area contributed by atoms with Crippen molar-refractivity contribution < 1.29 is 53.1 Å². The molecule has 0 fully saturated rings. The largest absolute Gasteiger partial charge is 0.480 e. The van der Waals surface area contributed by atoms with Gasteiger partial charge in [-0.2, -0.15) is 0 Å². The first-order chi connectivity index (χ1) is 55.3. The third-order valence-corrected chi connectivity index (χ3v) is 19.6. The summed E-state index contributed by atoms with van der Waals surface area (Å²) in [5, 5.41) is 69.2. The van der Waals surface area contributed by atoms with Gasteiger partial charge in [0.15, 0.2) is 17.9 Å². The Labute approximate surface area is 663 Å². The third-order valence-electron chi connectivity index (χ3n) is 19.6. The second-order valence-electron chi connectivity index (χ2n) is 28.2. The van der Waals surface area contributed by atoms with Crippen molar-refractivity contribution in [1.29, 1.82) is 16.2 Å². The number of aliphatic carboxylic acids is 1. The average molecular weight is 1580 g/mol. The number of aromatic nitrogens is 4. The zero-order chi connectivity index (χ0) is 82.9. The van der Waals surface area contributed by atoms with E-state index in [0.29, 0.717) is 85.1 Å². The van der Waals surface area contributed by atoms with Crippen molar-refractivity contribution in [2.75, 3.05) is 32.7 Å². The van der Waals surface area contributed by atoms with Crippen LogP contribution in [0.1, 0.15) is 106 Å². The van der Waals surface area contributed by atoms with Crippen LogP contribution in [0.3, 0.4) is 0 Å². The zero-order valence-corrected chi connectivity index (χ0v) is 63.9. The van der Waals surface area contributed by atoms with Gasteiger partial charge in [-0.3, -0.25) is 59.4 Å². The molecule has 0 bridgehead atoms. The van der Waals surface area contributed by atoms with Crippen molar-refractivity contribution in [3.63, 3.8) is 0 Å². The molecule has 10 atom stereocenters. The Morgan fingerprint density at radius 2 is 0.591 bits per heavy atom. The molecule has 8 rings (SSSR count). The van der Waals surface area contributed by atoms with Gasteiger partial charge in [0.05, 0.1) is 6.04 Å². The van der Waals surface area contributed by atoms with E-state index >= 15 is 28.8 Å². The summed E-state index contributed by atoms with van der Waals surface area (Å²) in [5.41, 5.74) is 39.5. The molecule has 614 valence electrons. The highest BCUT2D eigenvalue weighted by atomic mass is 16.4. The summed E-state index contributed by atoms with van der Waals surface area (Å²) < 4.78 is 0. The number of hydrogen-bond acceptors (Lipinski definition) is 16. The van der Waals surface area contributed by atoms with Gasteiger partial charge >= 0.3 is 5.97 Å². The predicted octanol–water partition coefficient (Wildman–Crippen LogP) is -0.271. The number of carbonyl (C=O) groups is 10. The van der Waals surface area contributed by atoms with Gasteiger partial charge in [0.2, 0.25) is 53.2 Å². The van der Waals surface area contributed by atoms with Crippen LogP contribution in [-0.4, -0.2) is 195 Å². The molecule has 115 heavy (non-hydrogen) atoms. The number of aromatic amines is 4. The normalized spacial score (nSPS) is 13.8. The molecule has 0 aliphatic rings. The van der Waals surface area contributed by atoms with E-state index in [4.69, 9.17) is 57.1 Å². The maximum absolute atomic E-state index is 15.7. The number of carboxylic acid groups (broad SMARTS) is 1. The number of guanidine groups is 3. The molecule has 0 saturated heterocycles. The van der Waals surface area contributed by atoms with Gasteiger partial charge in [0.25, 0.3) is 0 Å². The summed E-state index contributed by atoms with van der Waals surface area (Å²) in [7, 11) is 0. The van der Waals surface area contributed by atoms with E-state index in [-0.39, 0.29) is 140 Å². The second kappa shape index (κ2) is 44.3. The second-order valence-corrected chi connectivity index (χ2v) is 28.2. The van der Waals surface area contributed by atoms with Crippen molar-refractivity contribution in [3.8, 4) is 12.3 Å². The number of carbonyl (C=O) groups excluding carboxylic acids is 9. The van der Waals surface area contributed by atoms with Crippen LogP contribution in [0.2, 0.25) is 0 Å². The van der Waals surface area contributed by atoms with Crippen LogP contribution in [0, 0.1) is 28.6 Å². The number of H-pyrrole nitrogens is 4. The highest BCUT2D eigenvalue weighted by Gasteiger charge is 2.37. The minimum atomic E-state index is -1.55. The van der Waals surface area contributed by atoms with Crippen molar-refractivity contribution in [3.05, 3.63) is 144 Å². The lowest BCUT2D eigenvalue weighted by Crippen LogP contribution is -2.61. The van der Waals surface area contributed by atoms with Crippen LogP contribution < -0.4 is 98.2 Å². The number of amides is 9. The maximum Gasteiger partial charge on any atom is 0.326 e. The SMILES string of the molecule is C#CC[C@H](N)C(=O)N[C@@H](CCCNC(=N)N)C(=O)N[C@@H](CCCNC(=N)N)C(=O)N[C@@H](Cc1c[nH]c2ccccc12)C(=O)N[C@@H](Cc1c[nH]c2ccccc12)C(=O)N[C@@H](CCCCN)C(=O)N[C@@H](Cc1c[nH]c2ccccc12)C(=O)N[C@@H](Cc1c[nH]c2ccccc12)C(=O)N[C@@H](CCCNC(=N)N)C(=O)N[C@@H](CCCCN)C(=O)O. The number of nitrogens with two attached hydrogens (primary N) is 6. The number of benzene rings is 4. The van der Waals surface area contributed by atoms with Gasteiger partial charge < -0.3 is 123 Å². The first kappa shape index (κ1) is 87.6. The van der Waals surface area contributed by atoms with E-state index in [2.05, 4.69) is 89.7 Å². The van der Waals surface area contributed by atoms with E-state index in [0.717, 1.165) is 0 Å². The van der Waals surface area contributed by atoms with Crippen LogP contribution in [-0.2, 0) is 73.6 Å². The first-order valence-electron chi connectivity index (χ1n) is 38.3. The van der Waals surface area contributed by atoms with E-state index in [1.165, 1.54) is 0 Å². The van der Waals surface area contributed by atoms with Crippen molar-refractivity contribution in [2.45, 2.75) is 170 Å². The summed E-state index contributed by atoms with van der Waals surface area (Å²) in [5.74, 6) is -7.73. The van der Waals surface area contributed by atoms with E-state index in [1.54, 1.807) is 55.1 Å². The highest BCUT2D eigenvalue weighted by Crippen LogP contribution is 2.25. The van der Waals surface area contributed by atoms with Crippen molar-refractivity contribution >= 4 is 121 Å². The molecule has 0 aliphatic carbocycles. The summed E-state index contributed by atoms with van der Waals surface area (Å²) >= 11 is 0. The topological polar surface area (TPSA) is 626 Å². The average Bonchev–Trinajstić information content (AvgIpc) is 1.71. The molecule has 4 aromatic carbocycles. The Hall–Kier alpha value is -13.0. The quantitative estimate of drug-likeness (QED) is 0.0101. The fourth-order valence-corrected chi connectivity index (χ4v) is 13.5. The number of hydrogen-bond donors (Lipinski definition) is 26. The molecular formula is C79H107N25O11. The Kier molecular flexibility index (Phi) is 33.7. The summed E-state index contributed by atoms with van der Waals surface area (Å²) in [6.45, 7) is 0.750. The van der Waals surface area contributed by atoms with E-state index in [9.17, 15) is 24.3 Å². The predicted molar refractivity (Wildman–Crippen MR) is 438 cm³/mol. The Morgan fingerprint density at radius 3 is 0.852 bits per heavy atom. The van der Waals surface area contributed by atoms with Crippen molar-refractivity contribution in [2.24, 2.45) is 34.4 Å². The molecule has 36 nitrogen and oxygen atoms in total. The highest BCUT2D eigenvalue weighted by molar-refractivity contribution is 6.00. The van der Waals surface area contributed by atoms with Gasteiger partial charge in [-0.25, -0.2) is 4.79 Å². The summed E-state index contributed by atoms with van der Waals surface area (Å²) in [4.78, 5) is 160. The third kappa shape index (κ3) is 26.6. The lowest BCUT2D eigenvalue weighted by atomic mass is 9.99. The van der Waals surface area contributed by atoms with Gasteiger partial charge in [-0.05, 0) is 137 Å². The van der Waals surface area contributed by atoms with Gasteiger partial charge in [0, 0.05) is 120 Å². The summed E-state index contributed by atoms with van der Waals surface area (Å²) in [6.07, 6.45) is 12.8. The number of rotatable bonds is 48. The molecule has 4 aromatic heterocycles. The molecular weight excluding hydrogens is 1480 g/mol. The van der Waals surface area contributed by atoms with Crippen LogP contribution in [0.25, 0.3) is 43.6 Å². The molecule has 4 heterocycles. The Bertz CT molecular complexity index is 4730. The molecule has 36 heteroatoms. The number of terminal acetylenes is 1. The molecule has 0 aliphatic heterocycles. The number of fused-ring (bicyclic) bond motifs is 4. The number of unbranched alkanes of at least 4 members (excludes halogenated alkanes) is 2. The smallest absolute Gasteiger partial charge is 0.326 e. The van der Waals surface area contributed by atoms with Gasteiger partial charge in [0.1, 0.15) is 54.4 Å². The molecule has 8 aromatic rings. The monoisotopic (exact) mass is 1580 g/mol. The van der Waals surface area contributed by atoms with Gasteiger partial charge in [-0.1, -0.05) is 72.8 Å². The van der Waals surface area contributed by atoms with Crippen LogP contribution in [0.5, 0.6) is 0 Å². The standard InChI is InChI=1S/C79H107N25O11/c1-2-18-53(82)67(105)96-59(29-15-34-89-77(83)84)68(106)97-61(31-17-36-91-79(87)88)71(109)102-66(40-48-44-95-57-26-10-6-22-52(48)57)75(113)103-63(37-45-41-92-54-23-7-3-19-49(45)54)72(110)98-58(27-11-13-32-80)70(108)101-65(39-47-43-94-56-25-9-5-21-51(47)56)74(112)104-64(38-46-42-93-55-24-8-4-20-50(46)55)73(111)99-60(30-16-35-90-78(85)86)69(107)100-62(76(114)115)28-12-14-33-81/h1,3-10,19-26,41-44,53,58-66,92-95H,11-18,27-40,80-82H2,(H,96,105)(H,97,106)(H,98,110)(H,99,111)(H,100,107)(H,101,108)(H,102,109)(H,103,113)(H,104,112)(H,114,115)(H4,83,84,89)(H4,85,86,90)(H4,87,88,91)/t53-,58-,59-,60-,61-,62-,63-,64-,65-,66-/m0/s1. The van der Waals surface area contributed by atoms with Gasteiger partial charge in [-0.15, -0.1) is 12.3 Å². The van der Waals surface area contributed by atoms with Crippen LogP contribution in [0.4, 0.5) is 0 Å². The number of nitrogens with one attached hydrogen (secondary N) is 19. The maximum atomic E-state index is 15.7. The van der Waals surface area contributed by atoms with E-state index < -0.39 is 120 Å². The fraction of sp³-hybridized carbons (Fsp3) is 0.405. The number of para-hydroxylation sites is 4. The van der Waals surface area contributed by atoms with E-state index in [1.807, 2.05) is 66.7 Å². The minimum Gasteiger partial charge on any atom is -0.480 e. The zero-order valence-electron chi connectivity index (χ0n) is 63.9.